The van der Waals surface area contributed by atoms with E-state index in [1.54, 1.807) is 12.3 Å². The fourth-order valence-corrected chi connectivity index (χ4v) is 3.46. The molecule has 0 saturated carbocycles. The van der Waals surface area contributed by atoms with E-state index in [1.165, 1.54) is 12.1 Å². The first-order valence-corrected chi connectivity index (χ1v) is 9.61. The number of anilines is 1. The number of aryl methyl sites for hydroxylation is 1. The second-order valence-corrected chi connectivity index (χ2v) is 7.13. The number of aromatic amines is 2. The molecule has 0 amide bonds. The Morgan fingerprint density at radius 2 is 1.90 bits per heavy atom. The number of hydrogen-bond acceptors (Lipinski definition) is 4. The zero-order chi connectivity index (χ0) is 20.5. The van der Waals surface area contributed by atoms with E-state index in [0.717, 1.165) is 44.8 Å². The molecule has 0 fully saturated rings. The number of aromatic nitrogens is 5. The summed E-state index contributed by atoms with van der Waals surface area (Å²) >= 11 is 0. The van der Waals surface area contributed by atoms with Crippen molar-refractivity contribution in [3.05, 3.63) is 83.9 Å². The van der Waals surface area contributed by atoms with Gasteiger partial charge in [0, 0.05) is 23.2 Å². The molecule has 7 heteroatoms. The molecule has 3 aromatic heterocycles. The van der Waals surface area contributed by atoms with Crippen LogP contribution in [0.4, 0.5) is 10.3 Å². The van der Waals surface area contributed by atoms with Gasteiger partial charge in [-0.15, -0.1) is 0 Å². The van der Waals surface area contributed by atoms with Crippen LogP contribution in [0.1, 0.15) is 11.3 Å². The number of halogens is 1. The van der Waals surface area contributed by atoms with E-state index in [0.29, 0.717) is 12.5 Å². The molecule has 0 atom stereocenters. The van der Waals surface area contributed by atoms with Crippen LogP contribution in [0.25, 0.3) is 33.5 Å². The van der Waals surface area contributed by atoms with Gasteiger partial charge in [-0.05, 0) is 48.9 Å². The number of H-pyrrole nitrogens is 2. The lowest BCUT2D eigenvalue weighted by Gasteiger charge is -2.04. The maximum Gasteiger partial charge on any atom is 0.201 e. The van der Waals surface area contributed by atoms with Gasteiger partial charge in [-0.3, -0.25) is 10.1 Å². The van der Waals surface area contributed by atoms with E-state index < -0.39 is 0 Å². The first-order chi connectivity index (χ1) is 14.7. The minimum atomic E-state index is -0.257. The fraction of sp³-hybridized carbons (Fsp3) is 0.0870. The highest BCUT2D eigenvalue weighted by Gasteiger charge is 2.16. The molecule has 0 aliphatic carbocycles. The van der Waals surface area contributed by atoms with Crippen LogP contribution in [0, 0.1) is 12.7 Å². The topological polar surface area (TPSA) is 82.3 Å². The van der Waals surface area contributed by atoms with Crippen molar-refractivity contribution in [2.24, 2.45) is 0 Å². The summed E-state index contributed by atoms with van der Waals surface area (Å²) in [5, 5.41) is 11.3. The van der Waals surface area contributed by atoms with E-state index in [1.807, 2.05) is 49.4 Å². The molecule has 0 unspecified atom stereocenters. The van der Waals surface area contributed by atoms with Crippen molar-refractivity contribution in [2.75, 3.05) is 5.32 Å². The summed E-state index contributed by atoms with van der Waals surface area (Å²) in [6.45, 7) is 2.41. The zero-order valence-electron chi connectivity index (χ0n) is 16.3. The number of pyridine rings is 1. The summed E-state index contributed by atoms with van der Waals surface area (Å²) < 4.78 is 13.5. The predicted molar refractivity (Wildman–Crippen MR) is 115 cm³/mol. The lowest BCUT2D eigenvalue weighted by atomic mass is 10.1. The van der Waals surface area contributed by atoms with Crippen molar-refractivity contribution >= 4 is 16.9 Å². The normalized spacial score (nSPS) is 11.1. The van der Waals surface area contributed by atoms with Crippen molar-refractivity contribution < 1.29 is 4.39 Å². The third-order valence-corrected chi connectivity index (χ3v) is 4.91. The number of hydrogen-bond donors (Lipinski definition) is 3. The van der Waals surface area contributed by atoms with Gasteiger partial charge in [0.15, 0.2) is 0 Å². The van der Waals surface area contributed by atoms with Gasteiger partial charge in [0.2, 0.25) is 5.95 Å². The van der Waals surface area contributed by atoms with E-state index in [-0.39, 0.29) is 5.82 Å². The van der Waals surface area contributed by atoms with Gasteiger partial charge in [-0.2, -0.15) is 5.10 Å². The van der Waals surface area contributed by atoms with Crippen molar-refractivity contribution in [3.63, 3.8) is 0 Å². The molecule has 5 rings (SSSR count). The first kappa shape index (κ1) is 18.1. The summed E-state index contributed by atoms with van der Waals surface area (Å²) in [6.07, 6.45) is 1.79. The number of rotatable bonds is 5. The maximum atomic E-state index is 13.5. The molecule has 3 heterocycles. The Hall–Kier alpha value is -4.00. The van der Waals surface area contributed by atoms with Gasteiger partial charge in [0.1, 0.15) is 5.82 Å². The monoisotopic (exact) mass is 398 g/mol. The molecular formula is C23H19FN6. The molecule has 5 aromatic rings. The predicted octanol–water partition coefficient (Wildman–Crippen LogP) is 5.07. The van der Waals surface area contributed by atoms with Crippen molar-refractivity contribution in [1.82, 2.24) is 25.1 Å². The van der Waals surface area contributed by atoms with Crippen molar-refractivity contribution in [1.29, 1.82) is 0 Å². The lowest BCUT2D eigenvalue weighted by Crippen LogP contribution is -2.01. The number of nitrogens with one attached hydrogen (secondary N) is 3. The van der Waals surface area contributed by atoms with Crippen LogP contribution in [0.5, 0.6) is 0 Å². The van der Waals surface area contributed by atoms with Crippen LogP contribution < -0.4 is 5.32 Å². The van der Waals surface area contributed by atoms with Crippen LogP contribution in [0.15, 0.2) is 66.9 Å². The third-order valence-electron chi connectivity index (χ3n) is 4.91. The van der Waals surface area contributed by atoms with E-state index in [4.69, 9.17) is 4.98 Å². The molecule has 0 bridgehead atoms. The highest BCUT2D eigenvalue weighted by Crippen LogP contribution is 2.32. The van der Waals surface area contributed by atoms with Crippen molar-refractivity contribution in [3.8, 4) is 22.6 Å². The zero-order valence-corrected chi connectivity index (χ0v) is 16.3. The second kappa shape index (κ2) is 7.44. The molecule has 3 N–H and O–H groups in total. The Balaban J connectivity index is 1.55. The average Bonchev–Trinajstić information content (AvgIpc) is 3.39. The van der Waals surface area contributed by atoms with Gasteiger partial charge in [0.25, 0.3) is 0 Å². The molecule has 148 valence electrons. The maximum absolute atomic E-state index is 13.5. The molecule has 0 saturated heterocycles. The van der Waals surface area contributed by atoms with Crippen LogP contribution in [0.2, 0.25) is 0 Å². The molecule has 0 aliphatic rings. The van der Waals surface area contributed by atoms with Gasteiger partial charge in [-0.1, -0.05) is 24.3 Å². The highest BCUT2D eigenvalue weighted by molar-refractivity contribution is 5.87. The minimum absolute atomic E-state index is 0.257. The smallest absolute Gasteiger partial charge is 0.201 e. The van der Waals surface area contributed by atoms with E-state index >= 15 is 0 Å². The van der Waals surface area contributed by atoms with Gasteiger partial charge < -0.3 is 10.3 Å². The minimum Gasteiger partial charge on any atom is -0.352 e. The SMILES string of the molecule is Cc1cccc(-c2[nH]c(NCc3cccc(F)c3)nc2-c2ccc3[nH]ncc3c2)n1. The first-order valence-electron chi connectivity index (χ1n) is 9.61. The van der Waals surface area contributed by atoms with Crippen LogP contribution in [-0.2, 0) is 6.54 Å². The molecular weight excluding hydrogens is 379 g/mol. The highest BCUT2D eigenvalue weighted by atomic mass is 19.1. The summed E-state index contributed by atoms with van der Waals surface area (Å²) in [6, 6.07) is 18.4. The second-order valence-electron chi connectivity index (χ2n) is 7.13. The summed E-state index contributed by atoms with van der Waals surface area (Å²) in [5.74, 6) is 0.340. The standard InChI is InChI=1S/C23H19FN6/c1-14-4-2-7-20(27-14)22-21(16-8-9-19-17(11-16)13-26-30-19)28-23(29-22)25-12-15-5-3-6-18(24)10-15/h2-11,13H,12H2,1H3,(H,26,30)(H2,25,28,29). The number of benzene rings is 2. The molecule has 2 aromatic carbocycles. The Labute approximate surface area is 172 Å². The summed E-state index contributed by atoms with van der Waals surface area (Å²) in [4.78, 5) is 12.8. The Kier molecular flexibility index (Phi) is 4.48. The van der Waals surface area contributed by atoms with Crippen LogP contribution in [0.3, 0.4) is 0 Å². The fourth-order valence-electron chi connectivity index (χ4n) is 3.46. The summed E-state index contributed by atoms with van der Waals surface area (Å²) in [7, 11) is 0. The van der Waals surface area contributed by atoms with Crippen LogP contribution >= 0.6 is 0 Å². The van der Waals surface area contributed by atoms with E-state index in [2.05, 4.69) is 25.5 Å². The quantitative estimate of drug-likeness (QED) is 0.386. The number of imidazole rings is 1. The Bertz CT molecular complexity index is 1340. The lowest BCUT2D eigenvalue weighted by molar-refractivity contribution is 0.626. The molecule has 6 nitrogen and oxygen atoms in total. The number of fused-ring (bicyclic) bond motifs is 1. The molecule has 0 radical (unpaired) electrons. The average molecular weight is 398 g/mol. The van der Waals surface area contributed by atoms with Crippen LogP contribution in [-0.4, -0.2) is 25.1 Å². The Morgan fingerprint density at radius 1 is 1.00 bits per heavy atom. The van der Waals surface area contributed by atoms with Gasteiger partial charge >= 0.3 is 0 Å². The van der Waals surface area contributed by atoms with E-state index in [9.17, 15) is 4.39 Å². The third kappa shape index (κ3) is 3.53. The number of nitrogens with zero attached hydrogens (tertiary/aromatic N) is 3. The van der Waals surface area contributed by atoms with Gasteiger partial charge in [0.05, 0.1) is 28.8 Å². The Morgan fingerprint density at radius 3 is 2.77 bits per heavy atom. The largest absolute Gasteiger partial charge is 0.352 e. The van der Waals surface area contributed by atoms with Gasteiger partial charge in [-0.25, -0.2) is 9.37 Å². The summed E-state index contributed by atoms with van der Waals surface area (Å²) in [5.41, 5.74) is 6.10. The molecule has 0 spiro atoms. The molecule has 0 aliphatic heterocycles. The van der Waals surface area contributed by atoms with Crippen molar-refractivity contribution in [2.45, 2.75) is 13.5 Å². The molecule has 30 heavy (non-hydrogen) atoms.